The summed E-state index contributed by atoms with van der Waals surface area (Å²) in [6, 6.07) is 30.0. The highest BCUT2D eigenvalue weighted by Crippen LogP contribution is 2.38. The van der Waals surface area contributed by atoms with Crippen LogP contribution in [-0.4, -0.2) is 6.21 Å². The molecule has 0 saturated heterocycles. The highest BCUT2D eigenvalue weighted by molar-refractivity contribution is 6.00. The van der Waals surface area contributed by atoms with Crippen LogP contribution >= 0.6 is 0 Å². The van der Waals surface area contributed by atoms with Crippen molar-refractivity contribution in [3.63, 3.8) is 0 Å². The lowest BCUT2D eigenvalue weighted by molar-refractivity contribution is 1.26. The van der Waals surface area contributed by atoms with Gasteiger partial charge in [0.1, 0.15) is 0 Å². The van der Waals surface area contributed by atoms with Crippen molar-refractivity contribution in [2.45, 2.75) is 6.42 Å². The number of nitrogens with zero attached hydrogens (tertiary/aromatic N) is 1. The monoisotopic (exact) mass is 319 g/mol. The molecule has 0 bridgehead atoms. The van der Waals surface area contributed by atoms with Gasteiger partial charge in [0.2, 0.25) is 0 Å². The Morgan fingerprint density at radius 3 is 2.48 bits per heavy atom. The molecular formula is C24H17N. The molecule has 0 spiro atoms. The van der Waals surface area contributed by atoms with Crippen LogP contribution in [0.25, 0.3) is 21.9 Å². The molecule has 1 nitrogen and oxygen atoms in total. The van der Waals surface area contributed by atoms with Crippen molar-refractivity contribution >= 4 is 22.7 Å². The van der Waals surface area contributed by atoms with Crippen molar-refractivity contribution in [1.82, 2.24) is 0 Å². The molecule has 1 aliphatic rings. The van der Waals surface area contributed by atoms with Crippen molar-refractivity contribution in [2.24, 2.45) is 4.99 Å². The largest absolute Gasteiger partial charge is 0.256 e. The summed E-state index contributed by atoms with van der Waals surface area (Å²) in [5.74, 6) is 0. The second kappa shape index (κ2) is 5.71. The number of hydrogen-bond donors (Lipinski definition) is 0. The molecule has 0 amide bonds. The molecule has 0 unspecified atom stereocenters. The first-order chi connectivity index (χ1) is 12.4. The van der Waals surface area contributed by atoms with E-state index in [-0.39, 0.29) is 0 Å². The maximum Gasteiger partial charge on any atom is 0.0633 e. The smallest absolute Gasteiger partial charge is 0.0633 e. The summed E-state index contributed by atoms with van der Waals surface area (Å²) in [6.45, 7) is 0. The van der Waals surface area contributed by atoms with Gasteiger partial charge in [-0.15, -0.1) is 0 Å². The first-order valence-electron chi connectivity index (χ1n) is 8.61. The second-order valence-corrected chi connectivity index (χ2v) is 6.50. The molecule has 5 rings (SSSR count). The molecular weight excluding hydrogens is 302 g/mol. The van der Waals surface area contributed by atoms with E-state index in [9.17, 15) is 0 Å². The van der Waals surface area contributed by atoms with Crippen LogP contribution in [0.2, 0.25) is 0 Å². The number of rotatable bonds is 2. The van der Waals surface area contributed by atoms with Crippen molar-refractivity contribution in [1.29, 1.82) is 0 Å². The van der Waals surface area contributed by atoms with Gasteiger partial charge in [-0.25, -0.2) is 0 Å². The van der Waals surface area contributed by atoms with E-state index in [1.807, 2.05) is 6.21 Å². The van der Waals surface area contributed by atoms with Crippen LogP contribution in [0.3, 0.4) is 0 Å². The normalized spacial score (nSPS) is 12.5. The fourth-order valence-electron chi connectivity index (χ4n) is 3.72. The number of hydrogen-bond acceptors (Lipinski definition) is 1. The Labute approximate surface area is 147 Å². The Kier molecular flexibility index (Phi) is 3.24. The second-order valence-electron chi connectivity index (χ2n) is 6.50. The van der Waals surface area contributed by atoms with E-state index in [2.05, 4.69) is 84.9 Å². The van der Waals surface area contributed by atoms with Gasteiger partial charge in [0, 0.05) is 11.8 Å². The van der Waals surface area contributed by atoms with E-state index in [0.29, 0.717) is 0 Å². The predicted octanol–water partition coefficient (Wildman–Crippen LogP) is 6.16. The topological polar surface area (TPSA) is 12.4 Å². The molecule has 0 aliphatic heterocycles. The zero-order chi connectivity index (χ0) is 16.6. The van der Waals surface area contributed by atoms with E-state index in [0.717, 1.165) is 17.7 Å². The van der Waals surface area contributed by atoms with E-state index in [1.54, 1.807) is 0 Å². The minimum Gasteiger partial charge on any atom is -0.256 e. The summed E-state index contributed by atoms with van der Waals surface area (Å²) in [4.78, 5) is 4.74. The first kappa shape index (κ1) is 14.2. The van der Waals surface area contributed by atoms with Crippen molar-refractivity contribution in [2.75, 3.05) is 0 Å². The van der Waals surface area contributed by atoms with Gasteiger partial charge in [0.25, 0.3) is 0 Å². The molecule has 0 heterocycles. The number of fused-ring (bicyclic) bond motifs is 4. The SMILES string of the molecule is C(=Nc1ccc2c(c1)Cc1ccccc1-2)c1cccc2ccccc12. The molecule has 1 aliphatic carbocycles. The zero-order valence-corrected chi connectivity index (χ0v) is 13.8. The van der Waals surface area contributed by atoms with Crippen LogP contribution < -0.4 is 0 Å². The third-order valence-corrected chi connectivity index (χ3v) is 4.95. The molecule has 4 aromatic rings. The average molecular weight is 319 g/mol. The van der Waals surface area contributed by atoms with Crippen LogP contribution in [-0.2, 0) is 6.42 Å². The minimum absolute atomic E-state index is 1.00. The molecule has 0 aromatic heterocycles. The molecule has 25 heavy (non-hydrogen) atoms. The van der Waals surface area contributed by atoms with Crippen LogP contribution in [0.4, 0.5) is 5.69 Å². The lowest BCUT2D eigenvalue weighted by atomic mass is 10.0. The van der Waals surface area contributed by atoms with Crippen molar-refractivity contribution < 1.29 is 0 Å². The van der Waals surface area contributed by atoms with E-state index < -0.39 is 0 Å². The summed E-state index contributed by atoms with van der Waals surface area (Å²) >= 11 is 0. The molecule has 118 valence electrons. The molecule has 0 fully saturated rings. The average Bonchev–Trinajstić information content (AvgIpc) is 3.04. The lowest BCUT2D eigenvalue weighted by Gasteiger charge is -2.03. The Morgan fingerprint density at radius 1 is 0.680 bits per heavy atom. The first-order valence-corrected chi connectivity index (χ1v) is 8.61. The third-order valence-electron chi connectivity index (χ3n) is 4.95. The van der Waals surface area contributed by atoms with Gasteiger partial charge in [-0.1, -0.05) is 72.8 Å². The fraction of sp³-hybridized carbons (Fsp3) is 0.0417. The Morgan fingerprint density at radius 2 is 1.48 bits per heavy atom. The quantitative estimate of drug-likeness (QED) is 0.345. The molecule has 4 aromatic carbocycles. The van der Waals surface area contributed by atoms with Crippen LogP contribution in [0.1, 0.15) is 16.7 Å². The van der Waals surface area contributed by atoms with Gasteiger partial charge < -0.3 is 0 Å². The Balaban J connectivity index is 1.51. The number of benzene rings is 4. The lowest BCUT2D eigenvalue weighted by Crippen LogP contribution is -1.84. The predicted molar refractivity (Wildman–Crippen MR) is 106 cm³/mol. The summed E-state index contributed by atoms with van der Waals surface area (Å²) in [7, 11) is 0. The Bertz CT molecular complexity index is 1120. The number of aliphatic imine (C=N–C) groups is 1. The van der Waals surface area contributed by atoms with E-state index in [1.165, 1.54) is 33.0 Å². The minimum atomic E-state index is 1.00. The van der Waals surface area contributed by atoms with Crippen LogP contribution in [0.5, 0.6) is 0 Å². The third kappa shape index (κ3) is 2.45. The maximum absolute atomic E-state index is 4.74. The van der Waals surface area contributed by atoms with Gasteiger partial charge in [-0.3, -0.25) is 4.99 Å². The molecule has 0 saturated carbocycles. The summed E-state index contributed by atoms with van der Waals surface area (Å²) < 4.78 is 0. The van der Waals surface area contributed by atoms with Gasteiger partial charge in [-0.2, -0.15) is 0 Å². The highest BCUT2D eigenvalue weighted by atomic mass is 14.7. The van der Waals surface area contributed by atoms with Crippen LogP contribution in [0, 0.1) is 0 Å². The molecule has 0 N–H and O–H groups in total. The van der Waals surface area contributed by atoms with Gasteiger partial charge >= 0.3 is 0 Å². The highest BCUT2D eigenvalue weighted by Gasteiger charge is 2.17. The van der Waals surface area contributed by atoms with Crippen molar-refractivity contribution in [3.8, 4) is 11.1 Å². The maximum atomic E-state index is 4.74. The van der Waals surface area contributed by atoms with E-state index in [4.69, 9.17) is 4.99 Å². The van der Waals surface area contributed by atoms with E-state index >= 15 is 0 Å². The molecule has 0 radical (unpaired) electrons. The van der Waals surface area contributed by atoms with Crippen molar-refractivity contribution in [3.05, 3.63) is 102 Å². The van der Waals surface area contributed by atoms with Gasteiger partial charge in [0.05, 0.1) is 5.69 Å². The van der Waals surface area contributed by atoms with Gasteiger partial charge in [0.15, 0.2) is 0 Å². The summed E-state index contributed by atoms with van der Waals surface area (Å²) in [6.07, 6.45) is 2.98. The zero-order valence-electron chi connectivity index (χ0n) is 13.8. The summed E-state index contributed by atoms with van der Waals surface area (Å²) in [5, 5.41) is 2.48. The standard InChI is InChI=1S/C24H17N/c1-3-10-22-17(6-1)8-5-9-19(22)16-25-21-12-13-24-20(15-21)14-18-7-2-4-11-23(18)24/h1-13,15-16H,14H2. The van der Waals surface area contributed by atoms with Crippen LogP contribution in [0.15, 0.2) is 89.9 Å². The Hall–Kier alpha value is -3.19. The fourth-order valence-corrected chi connectivity index (χ4v) is 3.72. The molecule has 0 atom stereocenters. The van der Waals surface area contributed by atoms with Gasteiger partial charge in [-0.05, 0) is 51.6 Å². The summed E-state index contributed by atoms with van der Waals surface area (Å²) in [5.41, 5.74) is 7.66. The molecule has 1 heteroatoms.